The first-order valence-corrected chi connectivity index (χ1v) is 8.55. The molecule has 1 fully saturated rings. The Morgan fingerprint density at radius 3 is 2.67 bits per heavy atom. The molecule has 0 atom stereocenters. The Morgan fingerprint density at radius 2 is 2.14 bits per heavy atom. The van der Waals surface area contributed by atoms with Crippen LogP contribution < -0.4 is 11.1 Å². The molecule has 1 aliphatic carbocycles. The molecule has 21 heavy (non-hydrogen) atoms. The number of nitrogens with one attached hydrogen (secondary N) is 1. The van der Waals surface area contributed by atoms with Gasteiger partial charge in [0.2, 0.25) is 0 Å². The quantitative estimate of drug-likeness (QED) is 0.794. The molecule has 0 saturated heterocycles. The maximum atomic E-state index is 12.5. The summed E-state index contributed by atoms with van der Waals surface area (Å²) in [5, 5.41) is 3.09. The Kier molecular flexibility index (Phi) is 5.38. The summed E-state index contributed by atoms with van der Waals surface area (Å²) in [5.74, 6) is 0.606. The molecule has 0 radical (unpaired) electrons. The van der Waals surface area contributed by atoms with Crippen LogP contribution in [0.1, 0.15) is 49.4 Å². The van der Waals surface area contributed by atoms with Crippen molar-refractivity contribution in [3.8, 4) is 0 Å². The van der Waals surface area contributed by atoms with Crippen LogP contribution >= 0.6 is 28.1 Å². The van der Waals surface area contributed by atoms with E-state index in [1.807, 2.05) is 12.1 Å². The van der Waals surface area contributed by atoms with Gasteiger partial charge in [-0.1, -0.05) is 47.6 Å². The highest BCUT2D eigenvalue weighted by Crippen LogP contribution is 2.34. The second kappa shape index (κ2) is 6.88. The van der Waals surface area contributed by atoms with Gasteiger partial charge in [-0.25, -0.2) is 0 Å². The van der Waals surface area contributed by atoms with E-state index in [-0.39, 0.29) is 5.91 Å². The standard InChI is InChI=1S/C16H21BrN2OS/c1-2-11-6-8-16(9-7-11,15(18)21)19-14(20)12-4-3-5-13(17)10-12/h3-5,10-11H,2,6-9H2,1H3,(H2,18,21)(H,19,20). The minimum absolute atomic E-state index is 0.112. The molecule has 1 aromatic carbocycles. The third-order valence-corrected chi connectivity index (χ3v) is 5.33. The minimum atomic E-state index is -0.527. The van der Waals surface area contributed by atoms with E-state index in [1.54, 1.807) is 12.1 Å². The summed E-state index contributed by atoms with van der Waals surface area (Å²) in [6.45, 7) is 2.21. The van der Waals surface area contributed by atoms with Crippen molar-refractivity contribution in [3.63, 3.8) is 0 Å². The molecular formula is C16H21BrN2OS. The molecule has 0 aliphatic heterocycles. The number of carbonyl (C=O) groups excluding carboxylic acids is 1. The molecule has 0 aromatic heterocycles. The van der Waals surface area contributed by atoms with Crippen molar-refractivity contribution in [1.82, 2.24) is 5.32 Å². The summed E-state index contributed by atoms with van der Waals surface area (Å²) in [4.78, 5) is 12.9. The van der Waals surface area contributed by atoms with Crippen molar-refractivity contribution in [3.05, 3.63) is 34.3 Å². The number of rotatable bonds is 4. The monoisotopic (exact) mass is 368 g/mol. The van der Waals surface area contributed by atoms with Gasteiger partial charge in [-0.15, -0.1) is 0 Å². The number of hydrogen-bond donors (Lipinski definition) is 2. The van der Waals surface area contributed by atoms with Gasteiger partial charge < -0.3 is 11.1 Å². The van der Waals surface area contributed by atoms with Gasteiger partial charge in [0.25, 0.3) is 5.91 Å². The maximum absolute atomic E-state index is 12.5. The number of carbonyl (C=O) groups is 1. The molecule has 2 rings (SSSR count). The third-order valence-electron chi connectivity index (χ3n) is 4.45. The van der Waals surface area contributed by atoms with Crippen molar-refractivity contribution in [2.24, 2.45) is 11.7 Å². The lowest BCUT2D eigenvalue weighted by Gasteiger charge is -2.40. The predicted octanol–water partition coefficient (Wildman–Crippen LogP) is 3.80. The Hall–Kier alpha value is -0.940. The fourth-order valence-electron chi connectivity index (χ4n) is 2.93. The molecule has 3 nitrogen and oxygen atoms in total. The summed E-state index contributed by atoms with van der Waals surface area (Å²) in [5.41, 5.74) is 6.05. The van der Waals surface area contributed by atoms with Crippen LogP contribution in [0, 0.1) is 5.92 Å². The van der Waals surface area contributed by atoms with Crippen molar-refractivity contribution >= 4 is 39.0 Å². The molecule has 114 valence electrons. The smallest absolute Gasteiger partial charge is 0.252 e. The lowest BCUT2D eigenvalue weighted by Crippen LogP contribution is -2.58. The first-order chi connectivity index (χ1) is 9.97. The molecular weight excluding hydrogens is 348 g/mol. The molecule has 0 bridgehead atoms. The molecule has 1 saturated carbocycles. The number of amides is 1. The van der Waals surface area contributed by atoms with Crippen LogP contribution in [0.25, 0.3) is 0 Å². The van der Waals surface area contributed by atoms with Gasteiger partial charge in [-0.3, -0.25) is 4.79 Å². The van der Waals surface area contributed by atoms with E-state index in [0.29, 0.717) is 10.6 Å². The second-order valence-electron chi connectivity index (χ2n) is 5.76. The first-order valence-electron chi connectivity index (χ1n) is 7.35. The fourth-order valence-corrected chi connectivity index (χ4v) is 3.59. The number of nitrogens with two attached hydrogens (primary N) is 1. The Labute approximate surface area is 139 Å². The van der Waals surface area contributed by atoms with Gasteiger partial charge in [0.05, 0.1) is 10.5 Å². The second-order valence-corrected chi connectivity index (χ2v) is 7.12. The van der Waals surface area contributed by atoms with Crippen LogP contribution in [0.15, 0.2) is 28.7 Å². The summed E-state index contributed by atoms with van der Waals surface area (Å²) in [6, 6.07) is 7.35. The number of hydrogen-bond acceptors (Lipinski definition) is 2. The average Bonchev–Trinajstić information content (AvgIpc) is 2.47. The minimum Gasteiger partial charge on any atom is -0.391 e. The highest BCUT2D eigenvalue weighted by Gasteiger charge is 2.39. The first kappa shape index (κ1) is 16.4. The lowest BCUT2D eigenvalue weighted by atomic mass is 9.75. The van der Waals surface area contributed by atoms with E-state index >= 15 is 0 Å². The van der Waals surface area contributed by atoms with E-state index in [4.69, 9.17) is 18.0 Å². The zero-order valence-corrected chi connectivity index (χ0v) is 14.6. The van der Waals surface area contributed by atoms with E-state index < -0.39 is 5.54 Å². The van der Waals surface area contributed by atoms with Crippen LogP contribution in [0.4, 0.5) is 0 Å². The number of halogens is 1. The van der Waals surface area contributed by atoms with E-state index in [9.17, 15) is 4.79 Å². The summed E-state index contributed by atoms with van der Waals surface area (Å²) < 4.78 is 0.884. The normalized spacial score (nSPS) is 25.3. The Balaban J connectivity index is 2.14. The predicted molar refractivity (Wildman–Crippen MR) is 93.4 cm³/mol. The molecule has 1 aromatic rings. The zero-order chi connectivity index (χ0) is 15.5. The van der Waals surface area contributed by atoms with Gasteiger partial charge in [-0.2, -0.15) is 0 Å². The van der Waals surface area contributed by atoms with Crippen molar-refractivity contribution in [2.45, 2.75) is 44.6 Å². The fraction of sp³-hybridized carbons (Fsp3) is 0.500. The molecule has 3 N–H and O–H groups in total. The third kappa shape index (κ3) is 3.83. The molecule has 0 spiro atoms. The van der Waals surface area contributed by atoms with Crippen LogP contribution in [0.3, 0.4) is 0 Å². The SMILES string of the molecule is CCC1CCC(NC(=O)c2cccc(Br)c2)(C(N)=S)CC1. The average molecular weight is 369 g/mol. The summed E-state index contributed by atoms with van der Waals surface area (Å²) in [7, 11) is 0. The van der Waals surface area contributed by atoms with E-state index in [0.717, 1.165) is 36.1 Å². The highest BCUT2D eigenvalue weighted by atomic mass is 79.9. The van der Waals surface area contributed by atoms with Gasteiger partial charge in [-0.05, 0) is 49.8 Å². The molecule has 0 heterocycles. The largest absolute Gasteiger partial charge is 0.391 e. The number of benzene rings is 1. The molecule has 1 amide bonds. The van der Waals surface area contributed by atoms with Gasteiger partial charge in [0.1, 0.15) is 0 Å². The van der Waals surface area contributed by atoms with Crippen LogP contribution in [0.2, 0.25) is 0 Å². The Morgan fingerprint density at radius 1 is 1.48 bits per heavy atom. The zero-order valence-electron chi connectivity index (χ0n) is 12.2. The highest BCUT2D eigenvalue weighted by molar-refractivity contribution is 9.10. The van der Waals surface area contributed by atoms with Crippen molar-refractivity contribution in [2.75, 3.05) is 0 Å². The van der Waals surface area contributed by atoms with Gasteiger partial charge in [0, 0.05) is 10.0 Å². The van der Waals surface area contributed by atoms with Crippen LogP contribution in [-0.2, 0) is 0 Å². The van der Waals surface area contributed by atoms with Crippen molar-refractivity contribution < 1.29 is 4.79 Å². The van der Waals surface area contributed by atoms with Crippen molar-refractivity contribution in [1.29, 1.82) is 0 Å². The topological polar surface area (TPSA) is 55.1 Å². The summed E-state index contributed by atoms with van der Waals surface area (Å²) >= 11 is 8.64. The summed E-state index contributed by atoms with van der Waals surface area (Å²) in [6.07, 6.45) is 4.97. The van der Waals surface area contributed by atoms with E-state index in [2.05, 4.69) is 28.2 Å². The molecule has 1 aliphatic rings. The number of thiocarbonyl (C=S) groups is 1. The van der Waals surface area contributed by atoms with E-state index in [1.165, 1.54) is 6.42 Å². The van der Waals surface area contributed by atoms with Crippen LogP contribution in [-0.4, -0.2) is 16.4 Å². The molecule has 5 heteroatoms. The van der Waals surface area contributed by atoms with Crippen LogP contribution in [0.5, 0.6) is 0 Å². The lowest BCUT2D eigenvalue weighted by molar-refractivity contribution is 0.0898. The maximum Gasteiger partial charge on any atom is 0.252 e. The van der Waals surface area contributed by atoms with Gasteiger partial charge in [0.15, 0.2) is 0 Å². The molecule has 0 unspecified atom stereocenters. The Bertz CT molecular complexity index is 539. The van der Waals surface area contributed by atoms with Gasteiger partial charge >= 0.3 is 0 Å².